The summed E-state index contributed by atoms with van der Waals surface area (Å²) >= 11 is 0. The van der Waals surface area contributed by atoms with E-state index in [0.29, 0.717) is 26.1 Å². The summed E-state index contributed by atoms with van der Waals surface area (Å²) in [6.07, 6.45) is 9.98. The largest absolute Gasteiger partial charge is 0.394 e. The Balaban J connectivity index is 1.68. The number of likely N-dealkylation sites (tertiary alicyclic amines) is 1. The standard InChI is InChI=1S/C31H41N3O5/c1-5-7-17-32-18-12-16-31-25(28(37)34(26(31)29(32)38)23(20-35)21(3)4)24-27(36)33(22-13-9-8-10-14-22)19-11-15-30(24,6-2)39-31/h8-16,21,23-26,35H,5-7,17-20H2,1-4H3/t23-,24-,25-,26?,30+,31-/m0/s1. The van der Waals surface area contributed by atoms with Crippen molar-refractivity contribution >= 4 is 23.4 Å². The topological polar surface area (TPSA) is 90.4 Å². The highest BCUT2D eigenvalue weighted by Gasteiger charge is 2.76. The van der Waals surface area contributed by atoms with Gasteiger partial charge in [-0.15, -0.1) is 0 Å². The zero-order valence-electron chi connectivity index (χ0n) is 23.5. The third-order valence-corrected chi connectivity index (χ3v) is 9.12. The molecular weight excluding hydrogens is 494 g/mol. The molecule has 5 rings (SSSR count). The number of amides is 3. The molecule has 0 saturated carbocycles. The van der Waals surface area contributed by atoms with Crippen molar-refractivity contribution < 1.29 is 24.2 Å². The molecule has 1 aromatic rings. The number of carbonyl (C=O) groups excluding carboxylic acids is 3. The Kier molecular flexibility index (Phi) is 7.46. The molecule has 4 aliphatic rings. The van der Waals surface area contributed by atoms with E-state index >= 15 is 0 Å². The lowest BCUT2D eigenvalue weighted by Gasteiger charge is -2.41. The fraction of sp³-hybridized carbons (Fsp3) is 0.581. The number of nitrogens with zero attached hydrogens (tertiary/aromatic N) is 3. The molecule has 2 fully saturated rings. The number of hydrogen-bond acceptors (Lipinski definition) is 5. The van der Waals surface area contributed by atoms with E-state index in [4.69, 9.17) is 4.74 Å². The average molecular weight is 536 g/mol. The van der Waals surface area contributed by atoms with Gasteiger partial charge >= 0.3 is 0 Å². The van der Waals surface area contributed by atoms with E-state index in [1.165, 1.54) is 0 Å². The van der Waals surface area contributed by atoms with Crippen molar-refractivity contribution in [3.8, 4) is 0 Å². The molecule has 4 heterocycles. The Morgan fingerprint density at radius 1 is 0.974 bits per heavy atom. The van der Waals surface area contributed by atoms with Gasteiger partial charge in [0.1, 0.15) is 11.6 Å². The molecule has 1 spiro atoms. The summed E-state index contributed by atoms with van der Waals surface area (Å²) in [7, 11) is 0. The Morgan fingerprint density at radius 3 is 2.33 bits per heavy atom. The number of aliphatic hydroxyl groups is 1. The molecule has 4 aliphatic heterocycles. The van der Waals surface area contributed by atoms with Crippen LogP contribution in [0, 0.1) is 17.8 Å². The van der Waals surface area contributed by atoms with Gasteiger partial charge in [0.15, 0.2) is 0 Å². The van der Waals surface area contributed by atoms with Crippen molar-refractivity contribution in [3.05, 3.63) is 54.6 Å². The number of benzene rings is 1. The first-order chi connectivity index (χ1) is 18.8. The molecule has 39 heavy (non-hydrogen) atoms. The van der Waals surface area contributed by atoms with Gasteiger partial charge in [0, 0.05) is 25.3 Å². The van der Waals surface area contributed by atoms with Gasteiger partial charge in [0.05, 0.1) is 30.1 Å². The summed E-state index contributed by atoms with van der Waals surface area (Å²) in [5.74, 6) is -2.44. The number of ether oxygens (including phenoxy) is 1. The van der Waals surface area contributed by atoms with Crippen LogP contribution in [0.5, 0.6) is 0 Å². The van der Waals surface area contributed by atoms with Gasteiger partial charge in [-0.1, -0.05) is 76.6 Å². The van der Waals surface area contributed by atoms with Crippen LogP contribution < -0.4 is 4.90 Å². The molecule has 0 aliphatic carbocycles. The van der Waals surface area contributed by atoms with Crippen LogP contribution in [0.25, 0.3) is 0 Å². The lowest BCUT2D eigenvalue weighted by molar-refractivity contribution is -0.156. The maximum Gasteiger partial charge on any atom is 0.249 e. The predicted molar refractivity (Wildman–Crippen MR) is 149 cm³/mol. The summed E-state index contributed by atoms with van der Waals surface area (Å²) in [5, 5.41) is 10.4. The first kappa shape index (κ1) is 27.6. The number of para-hydroxylation sites is 1. The maximum absolute atomic E-state index is 14.6. The second-order valence-electron chi connectivity index (χ2n) is 11.6. The average Bonchev–Trinajstić information content (AvgIpc) is 3.22. The van der Waals surface area contributed by atoms with Gasteiger partial charge in [0.2, 0.25) is 17.7 Å². The third kappa shape index (κ3) is 4.14. The second-order valence-corrected chi connectivity index (χ2v) is 11.6. The molecule has 0 aromatic heterocycles. The van der Waals surface area contributed by atoms with Crippen LogP contribution in [-0.2, 0) is 19.1 Å². The molecule has 0 radical (unpaired) electrons. The summed E-state index contributed by atoms with van der Waals surface area (Å²) in [6, 6.07) is 7.94. The Bertz CT molecular complexity index is 1170. The van der Waals surface area contributed by atoms with Crippen molar-refractivity contribution in [2.75, 3.05) is 31.1 Å². The third-order valence-electron chi connectivity index (χ3n) is 9.12. The molecule has 1 aromatic carbocycles. The van der Waals surface area contributed by atoms with Gasteiger partial charge in [-0.25, -0.2) is 0 Å². The van der Waals surface area contributed by atoms with Crippen LogP contribution in [0.2, 0.25) is 0 Å². The Morgan fingerprint density at radius 2 is 1.69 bits per heavy atom. The predicted octanol–water partition coefficient (Wildman–Crippen LogP) is 3.17. The maximum atomic E-state index is 14.6. The second kappa shape index (κ2) is 10.5. The minimum atomic E-state index is -1.31. The first-order valence-corrected chi connectivity index (χ1v) is 14.4. The first-order valence-electron chi connectivity index (χ1n) is 14.4. The van der Waals surface area contributed by atoms with Crippen LogP contribution in [0.3, 0.4) is 0 Å². The smallest absolute Gasteiger partial charge is 0.249 e. The van der Waals surface area contributed by atoms with Gasteiger partial charge in [-0.2, -0.15) is 0 Å². The minimum absolute atomic E-state index is 0.0968. The summed E-state index contributed by atoms with van der Waals surface area (Å²) in [5.41, 5.74) is -1.58. The lowest BCUT2D eigenvalue weighted by Crippen LogP contribution is -2.59. The van der Waals surface area contributed by atoms with Crippen molar-refractivity contribution in [1.29, 1.82) is 0 Å². The van der Waals surface area contributed by atoms with E-state index in [-0.39, 0.29) is 30.2 Å². The van der Waals surface area contributed by atoms with Gasteiger partial charge in [-0.3, -0.25) is 14.4 Å². The zero-order valence-corrected chi connectivity index (χ0v) is 23.5. The number of aliphatic hydroxyl groups excluding tert-OH is 1. The molecule has 3 amide bonds. The lowest BCUT2D eigenvalue weighted by atomic mass is 9.73. The summed E-state index contributed by atoms with van der Waals surface area (Å²) < 4.78 is 7.02. The summed E-state index contributed by atoms with van der Waals surface area (Å²) in [6.45, 7) is 9.02. The van der Waals surface area contributed by atoms with E-state index in [1.807, 2.05) is 75.4 Å². The minimum Gasteiger partial charge on any atom is -0.394 e. The number of rotatable bonds is 8. The fourth-order valence-corrected chi connectivity index (χ4v) is 7.11. The van der Waals surface area contributed by atoms with Gasteiger partial charge < -0.3 is 24.5 Å². The van der Waals surface area contributed by atoms with Gasteiger partial charge in [0.25, 0.3) is 0 Å². The van der Waals surface area contributed by atoms with Crippen LogP contribution in [-0.4, -0.2) is 82.2 Å². The molecule has 0 bridgehead atoms. The number of hydrogen-bond donors (Lipinski definition) is 1. The van der Waals surface area contributed by atoms with Gasteiger partial charge in [-0.05, 0) is 30.9 Å². The van der Waals surface area contributed by atoms with Crippen molar-refractivity contribution in [3.63, 3.8) is 0 Å². The van der Waals surface area contributed by atoms with Crippen LogP contribution in [0.15, 0.2) is 54.6 Å². The SMILES string of the molecule is CCCCN1CC=C[C@]23O[C@]4(CC)C=CCN(c5ccccc5)C(=O)[C@@H]4[C@H]2C(=O)N([C@@H](CO)C(C)C)C3C1=O. The molecule has 210 valence electrons. The van der Waals surface area contributed by atoms with Crippen molar-refractivity contribution in [2.24, 2.45) is 17.8 Å². The number of carbonyl (C=O) groups is 3. The highest BCUT2D eigenvalue weighted by atomic mass is 16.5. The van der Waals surface area contributed by atoms with Crippen LogP contribution in [0.1, 0.15) is 47.0 Å². The number of fused-ring (bicyclic) bond motifs is 2. The van der Waals surface area contributed by atoms with E-state index < -0.39 is 35.1 Å². The molecule has 2 saturated heterocycles. The molecule has 1 N–H and O–H groups in total. The highest BCUT2D eigenvalue weighted by molar-refractivity contribution is 6.04. The summed E-state index contributed by atoms with van der Waals surface area (Å²) in [4.78, 5) is 48.4. The number of unbranched alkanes of at least 4 members (excludes halogenated alkanes) is 1. The quantitative estimate of drug-likeness (QED) is 0.517. The van der Waals surface area contributed by atoms with E-state index in [0.717, 1.165) is 18.5 Å². The molecule has 1 unspecified atom stereocenters. The van der Waals surface area contributed by atoms with Crippen LogP contribution >= 0.6 is 0 Å². The van der Waals surface area contributed by atoms with Crippen molar-refractivity contribution in [1.82, 2.24) is 9.80 Å². The Labute approximate surface area is 231 Å². The molecule has 8 heteroatoms. The molecule has 6 atom stereocenters. The van der Waals surface area contributed by atoms with Crippen LogP contribution in [0.4, 0.5) is 5.69 Å². The molecule has 8 nitrogen and oxygen atoms in total. The fourth-order valence-electron chi connectivity index (χ4n) is 7.11. The van der Waals surface area contributed by atoms with E-state index in [1.54, 1.807) is 14.7 Å². The number of anilines is 1. The highest BCUT2D eigenvalue weighted by Crippen LogP contribution is 2.59. The van der Waals surface area contributed by atoms with E-state index in [9.17, 15) is 19.5 Å². The Hall–Kier alpha value is -2.97. The molecular formula is C31H41N3O5. The van der Waals surface area contributed by atoms with E-state index in [2.05, 4.69) is 6.92 Å². The normalized spacial score (nSPS) is 32.8. The monoisotopic (exact) mass is 535 g/mol. The van der Waals surface area contributed by atoms with Crippen molar-refractivity contribution in [2.45, 2.75) is 70.2 Å². The zero-order chi connectivity index (χ0) is 27.9.